The quantitative estimate of drug-likeness (QED) is 0.777. The van der Waals surface area contributed by atoms with Crippen LogP contribution in [0, 0.1) is 5.92 Å². The molecule has 0 unspecified atom stereocenters. The van der Waals surface area contributed by atoms with Crippen LogP contribution in [0.25, 0.3) is 0 Å². The number of pyridine rings is 1. The molecule has 0 aromatic carbocycles. The summed E-state index contributed by atoms with van der Waals surface area (Å²) in [6, 6.07) is 7.70. The van der Waals surface area contributed by atoms with Crippen LogP contribution >= 0.6 is 11.6 Å². The van der Waals surface area contributed by atoms with Gasteiger partial charge in [-0.1, -0.05) is 22.8 Å². The minimum Gasteiger partial charge on any atom is -0.379 e. The Labute approximate surface area is 163 Å². The van der Waals surface area contributed by atoms with Gasteiger partial charge in [0.1, 0.15) is 5.76 Å². The van der Waals surface area contributed by atoms with Gasteiger partial charge in [0.15, 0.2) is 5.15 Å². The Morgan fingerprint density at radius 2 is 2.19 bits per heavy atom. The molecule has 27 heavy (non-hydrogen) atoms. The summed E-state index contributed by atoms with van der Waals surface area (Å²) in [5.41, 5.74) is 1.05. The lowest BCUT2D eigenvalue weighted by atomic mass is 10.1. The van der Waals surface area contributed by atoms with E-state index in [0.717, 1.165) is 31.9 Å². The molecule has 2 aromatic heterocycles. The molecule has 0 N–H and O–H groups in total. The minimum atomic E-state index is 0.0621. The summed E-state index contributed by atoms with van der Waals surface area (Å²) < 4.78 is 10.9. The summed E-state index contributed by atoms with van der Waals surface area (Å²) >= 11 is 5.77. The Balaban J connectivity index is 1.41. The Hall–Kier alpha value is -1.96. The molecule has 0 spiro atoms. The van der Waals surface area contributed by atoms with Crippen LogP contribution in [0.15, 0.2) is 35.0 Å². The van der Waals surface area contributed by atoms with Gasteiger partial charge in [0.25, 0.3) is 0 Å². The Kier molecular flexibility index (Phi) is 5.71. The third-order valence-corrected chi connectivity index (χ3v) is 5.27. The van der Waals surface area contributed by atoms with Gasteiger partial charge in [0, 0.05) is 57.2 Å². The van der Waals surface area contributed by atoms with Gasteiger partial charge < -0.3 is 14.2 Å². The predicted molar refractivity (Wildman–Crippen MR) is 99.2 cm³/mol. The number of halogens is 1. The highest BCUT2D eigenvalue weighted by Gasteiger charge is 2.35. The van der Waals surface area contributed by atoms with Crippen molar-refractivity contribution in [2.24, 2.45) is 5.92 Å². The van der Waals surface area contributed by atoms with Crippen molar-refractivity contribution in [1.82, 2.24) is 19.9 Å². The highest BCUT2D eigenvalue weighted by atomic mass is 35.5. The molecule has 2 aromatic rings. The molecule has 2 bridgehead atoms. The lowest BCUT2D eigenvalue weighted by molar-refractivity contribution is -0.134. The van der Waals surface area contributed by atoms with E-state index in [1.54, 1.807) is 6.07 Å². The van der Waals surface area contributed by atoms with E-state index in [1.807, 2.05) is 29.3 Å². The summed E-state index contributed by atoms with van der Waals surface area (Å²) in [6.45, 7) is 4.51. The third-order valence-electron chi connectivity index (χ3n) is 5.09. The first kappa shape index (κ1) is 18.4. The van der Waals surface area contributed by atoms with Crippen LogP contribution in [0.5, 0.6) is 0 Å². The molecule has 7 nitrogen and oxygen atoms in total. The smallest absolute Gasteiger partial charge is 0.223 e. The number of aryl methyl sites for hydroxylation is 1. The largest absolute Gasteiger partial charge is 0.379 e. The molecule has 2 saturated heterocycles. The maximum Gasteiger partial charge on any atom is 0.223 e. The zero-order valence-corrected chi connectivity index (χ0v) is 15.8. The fourth-order valence-electron chi connectivity index (χ4n) is 3.87. The number of hydrogen-bond donors (Lipinski definition) is 0. The highest BCUT2D eigenvalue weighted by Crippen LogP contribution is 2.22. The van der Waals surface area contributed by atoms with E-state index < -0.39 is 0 Å². The molecule has 0 saturated carbocycles. The Morgan fingerprint density at radius 1 is 1.26 bits per heavy atom. The molecule has 1 amide bonds. The zero-order chi connectivity index (χ0) is 18.6. The summed E-state index contributed by atoms with van der Waals surface area (Å²) in [6.07, 6.45) is 2.71. The van der Waals surface area contributed by atoms with E-state index in [0.29, 0.717) is 42.9 Å². The lowest BCUT2D eigenvalue weighted by Gasteiger charge is -2.31. The van der Waals surface area contributed by atoms with Gasteiger partial charge in [-0.25, -0.2) is 0 Å². The van der Waals surface area contributed by atoms with Gasteiger partial charge in [0.05, 0.1) is 24.9 Å². The molecule has 8 heteroatoms. The van der Waals surface area contributed by atoms with Crippen molar-refractivity contribution in [3.05, 3.63) is 47.1 Å². The van der Waals surface area contributed by atoms with Gasteiger partial charge in [-0.2, -0.15) is 0 Å². The number of fused-ring (bicyclic) bond motifs is 3. The molecule has 0 radical (unpaired) electrons. The average molecular weight is 391 g/mol. The van der Waals surface area contributed by atoms with Gasteiger partial charge in [0.2, 0.25) is 5.91 Å². The first-order chi connectivity index (χ1) is 13.2. The second-order valence-electron chi connectivity index (χ2n) is 7.23. The third kappa shape index (κ3) is 4.66. The van der Waals surface area contributed by atoms with Crippen molar-refractivity contribution in [2.45, 2.75) is 25.4 Å². The van der Waals surface area contributed by atoms with Crippen molar-refractivity contribution in [3.63, 3.8) is 0 Å². The molecule has 2 fully saturated rings. The molecule has 2 aliphatic heterocycles. The lowest BCUT2D eigenvalue weighted by Crippen LogP contribution is -2.46. The molecular weight excluding hydrogens is 368 g/mol. The monoisotopic (exact) mass is 390 g/mol. The topological polar surface area (TPSA) is 71.7 Å². The number of aromatic nitrogens is 2. The van der Waals surface area contributed by atoms with Crippen LogP contribution in [0.4, 0.5) is 0 Å². The predicted octanol–water partition coefficient (Wildman–Crippen LogP) is 2.02. The van der Waals surface area contributed by atoms with E-state index >= 15 is 0 Å². The standard InChI is InChI=1S/C19H23ClN4O3/c20-18-7-17(27-22-18)4-5-19(25)24-9-14-8-23(11-16(24)13-26-12-14)10-15-3-1-2-6-21-15/h1-3,6-7,14,16H,4-5,8-13H2/t14-,16-/m0/s1. The Morgan fingerprint density at radius 3 is 2.96 bits per heavy atom. The molecule has 4 rings (SSSR count). The number of nitrogens with zero attached hydrogens (tertiary/aromatic N) is 4. The van der Waals surface area contributed by atoms with E-state index in [1.165, 1.54) is 0 Å². The molecule has 0 aliphatic carbocycles. The van der Waals surface area contributed by atoms with Gasteiger partial charge >= 0.3 is 0 Å². The molecule has 2 aliphatic rings. The van der Waals surface area contributed by atoms with E-state index in [4.69, 9.17) is 20.9 Å². The van der Waals surface area contributed by atoms with Gasteiger partial charge in [-0.05, 0) is 12.1 Å². The Bertz CT molecular complexity index is 769. The van der Waals surface area contributed by atoms with Gasteiger partial charge in [-0.15, -0.1) is 0 Å². The van der Waals surface area contributed by atoms with Crippen LogP contribution in [0.1, 0.15) is 17.9 Å². The summed E-state index contributed by atoms with van der Waals surface area (Å²) in [5, 5.41) is 3.98. The fourth-order valence-corrected chi connectivity index (χ4v) is 4.03. The normalized spacial score (nSPS) is 23.2. The number of carbonyl (C=O) groups is 1. The number of carbonyl (C=O) groups excluding carboxylic acids is 1. The molecule has 144 valence electrons. The van der Waals surface area contributed by atoms with E-state index in [2.05, 4.69) is 15.0 Å². The second-order valence-corrected chi connectivity index (χ2v) is 7.62. The fraction of sp³-hybridized carbons (Fsp3) is 0.526. The van der Waals surface area contributed by atoms with Crippen LogP contribution < -0.4 is 0 Å². The second kappa shape index (κ2) is 8.37. The van der Waals surface area contributed by atoms with Crippen LogP contribution in [0.3, 0.4) is 0 Å². The van der Waals surface area contributed by atoms with E-state index in [-0.39, 0.29) is 11.9 Å². The van der Waals surface area contributed by atoms with Crippen molar-refractivity contribution in [2.75, 3.05) is 32.8 Å². The number of rotatable bonds is 5. The molecular formula is C19H23ClN4O3. The summed E-state index contributed by atoms with van der Waals surface area (Å²) in [7, 11) is 0. The first-order valence-corrected chi connectivity index (χ1v) is 9.66. The minimum absolute atomic E-state index is 0.0621. The van der Waals surface area contributed by atoms with Crippen LogP contribution in [0.2, 0.25) is 5.15 Å². The molecule has 4 heterocycles. The molecule has 2 atom stereocenters. The van der Waals surface area contributed by atoms with Crippen molar-refractivity contribution in [1.29, 1.82) is 0 Å². The number of amides is 1. The van der Waals surface area contributed by atoms with Crippen LogP contribution in [-0.4, -0.2) is 64.7 Å². The maximum absolute atomic E-state index is 12.9. The average Bonchev–Trinajstić information content (AvgIpc) is 2.86. The maximum atomic E-state index is 12.9. The number of hydrogen-bond acceptors (Lipinski definition) is 6. The van der Waals surface area contributed by atoms with Crippen molar-refractivity contribution < 1.29 is 14.1 Å². The summed E-state index contributed by atoms with van der Waals surface area (Å²) in [4.78, 5) is 21.7. The number of ether oxygens (including phenoxy) is 1. The summed E-state index contributed by atoms with van der Waals surface area (Å²) in [5.74, 6) is 1.08. The van der Waals surface area contributed by atoms with E-state index in [9.17, 15) is 4.79 Å². The van der Waals surface area contributed by atoms with Crippen molar-refractivity contribution in [3.8, 4) is 0 Å². The van der Waals surface area contributed by atoms with Gasteiger partial charge in [-0.3, -0.25) is 14.7 Å². The van der Waals surface area contributed by atoms with Crippen molar-refractivity contribution >= 4 is 17.5 Å². The SMILES string of the molecule is O=C(CCc1cc(Cl)no1)N1C[C@H]2COC[C@@H]1CN(Cc1ccccn1)C2. The highest BCUT2D eigenvalue weighted by molar-refractivity contribution is 6.29. The first-order valence-electron chi connectivity index (χ1n) is 9.28. The zero-order valence-electron chi connectivity index (χ0n) is 15.1. The van der Waals surface area contributed by atoms with Crippen LogP contribution in [-0.2, 0) is 22.5 Å².